The largest absolute Gasteiger partial charge is 0.446 e. The van der Waals surface area contributed by atoms with Gasteiger partial charge in [0.2, 0.25) is 0 Å². The minimum Gasteiger partial charge on any atom is -0.446 e. The van der Waals surface area contributed by atoms with Gasteiger partial charge in [0.1, 0.15) is 0 Å². The molecule has 0 amide bonds. The summed E-state index contributed by atoms with van der Waals surface area (Å²) >= 11 is 0. The van der Waals surface area contributed by atoms with Crippen LogP contribution < -0.4 is 0 Å². The van der Waals surface area contributed by atoms with Crippen molar-refractivity contribution in [3.05, 3.63) is 0 Å². The van der Waals surface area contributed by atoms with Gasteiger partial charge in [-0.1, -0.05) is 44.9 Å². The number of esters is 2. The van der Waals surface area contributed by atoms with Gasteiger partial charge in [0.25, 0.3) is 18.1 Å². The molecule has 2 atom stereocenters. The molecule has 0 bridgehead atoms. The molecule has 7 nitrogen and oxygen atoms in total. The van der Waals surface area contributed by atoms with Crippen molar-refractivity contribution in [2.75, 3.05) is 0 Å². The third-order valence-corrected chi connectivity index (χ3v) is 5.87. The molecule has 2 unspecified atom stereocenters. The molecule has 0 rings (SSSR count). The van der Waals surface area contributed by atoms with E-state index >= 15 is 0 Å². The fraction of sp³-hybridized carbons (Fsp3) is 0.900. The highest BCUT2D eigenvalue weighted by Crippen LogP contribution is 2.38. The Hall–Kier alpha value is -1.85. The van der Waals surface area contributed by atoms with E-state index in [0.717, 1.165) is 0 Å². The lowest BCUT2D eigenvalue weighted by molar-refractivity contribution is -0.273. The Bertz CT molecular complexity index is 838. The van der Waals surface area contributed by atoms with Crippen LogP contribution >= 0.6 is 0 Å². The summed E-state index contributed by atoms with van der Waals surface area (Å²) in [5.41, 5.74) is 0. The first-order valence-corrected chi connectivity index (χ1v) is 12.7. The van der Waals surface area contributed by atoms with Gasteiger partial charge >= 0.3 is 39.7 Å². The van der Waals surface area contributed by atoms with E-state index in [2.05, 4.69) is 9.47 Å². The van der Waals surface area contributed by atoms with Crippen LogP contribution in [0.5, 0.6) is 0 Å². The van der Waals surface area contributed by atoms with Crippen LogP contribution in [0, 0.1) is 0 Å². The van der Waals surface area contributed by atoms with Crippen LogP contribution in [0.1, 0.15) is 77.6 Å². The molecule has 0 heterocycles. The molecule has 0 aromatic rings. The van der Waals surface area contributed by atoms with Crippen molar-refractivity contribution in [1.82, 2.24) is 0 Å². The van der Waals surface area contributed by atoms with E-state index in [1.807, 2.05) is 0 Å². The topological polar surface area (TPSA) is 107 Å². The van der Waals surface area contributed by atoms with Crippen molar-refractivity contribution < 1.29 is 75.9 Å². The van der Waals surface area contributed by atoms with E-state index in [1.165, 1.54) is 0 Å². The second-order valence-corrected chi connectivity index (χ2v) is 9.99. The normalized spacial score (nSPS) is 15.2. The Kier molecular flexibility index (Phi) is 13.8. The first-order chi connectivity index (χ1) is 17.0. The number of halogens is 10. The number of carbonyl (C=O) groups excluding carboxylic acids is 2. The zero-order chi connectivity index (χ0) is 30.0. The maximum Gasteiger partial charge on any atom is 0.432 e. The minimum atomic E-state index is -6.52. The van der Waals surface area contributed by atoms with Gasteiger partial charge in [0.05, 0.1) is 0 Å². The molecule has 38 heavy (non-hydrogen) atoms. The third-order valence-electron chi connectivity index (χ3n) is 4.96. The maximum absolute atomic E-state index is 13.3. The minimum absolute atomic E-state index is 0.0116. The summed E-state index contributed by atoms with van der Waals surface area (Å²) in [5, 5.41) is -5.79. The molecule has 18 heteroatoms. The molecule has 0 saturated heterocycles. The standard InChI is InChI=1S/C20H28F10O7S/c1-17(21,22)15(18(23,24)25)36-13(31)11-9-7-5-3-2-4-6-8-10-12-14(32)37-16(19(26,27)28)20(29,30)38(33,34)35/h15-16H,2-12H2,1H3,(H,33,34,35). The van der Waals surface area contributed by atoms with Crippen LogP contribution in [0.4, 0.5) is 43.9 Å². The van der Waals surface area contributed by atoms with Crippen LogP contribution in [0.3, 0.4) is 0 Å². The second-order valence-electron chi connectivity index (χ2n) is 8.50. The van der Waals surface area contributed by atoms with Gasteiger partial charge in [-0.05, 0) is 12.8 Å². The highest BCUT2D eigenvalue weighted by molar-refractivity contribution is 7.86. The summed E-state index contributed by atoms with van der Waals surface area (Å²) in [6, 6.07) is 0. The highest BCUT2D eigenvalue weighted by atomic mass is 32.2. The molecule has 0 saturated carbocycles. The first kappa shape index (κ1) is 36.1. The van der Waals surface area contributed by atoms with Gasteiger partial charge in [-0.3, -0.25) is 14.1 Å². The van der Waals surface area contributed by atoms with Crippen LogP contribution in [0.15, 0.2) is 0 Å². The van der Waals surface area contributed by atoms with Crippen molar-refractivity contribution in [3.8, 4) is 0 Å². The first-order valence-electron chi connectivity index (χ1n) is 11.3. The average molecular weight is 602 g/mol. The van der Waals surface area contributed by atoms with Gasteiger partial charge in [0.15, 0.2) is 0 Å². The van der Waals surface area contributed by atoms with Crippen molar-refractivity contribution >= 4 is 22.1 Å². The SMILES string of the molecule is CC(F)(F)C(OC(=O)CCCCCCCCCCCC(=O)OC(C(F)(F)F)C(F)(F)S(=O)(=O)O)C(F)(F)F. The number of unbranched alkanes of at least 4 members (excludes halogenated alkanes) is 8. The van der Waals surface area contributed by atoms with Crippen molar-refractivity contribution in [3.63, 3.8) is 0 Å². The second kappa shape index (κ2) is 14.5. The lowest BCUT2D eigenvalue weighted by Gasteiger charge is -2.26. The van der Waals surface area contributed by atoms with Gasteiger partial charge in [0, 0.05) is 19.8 Å². The molecule has 226 valence electrons. The molecule has 0 spiro atoms. The number of rotatable bonds is 17. The number of alkyl halides is 10. The monoisotopic (exact) mass is 602 g/mol. The molecule has 0 aliphatic rings. The number of hydrogen-bond acceptors (Lipinski definition) is 6. The number of carbonyl (C=O) groups is 2. The van der Waals surface area contributed by atoms with Crippen LogP contribution in [-0.4, -0.2) is 60.6 Å². The quantitative estimate of drug-likeness (QED) is 0.0894. The molecule has 0 aliphatic heterocycles. The zero-order valence-electron chi connectivity index (χ0n) is 20.0. The molecular formula is C20H28F10O7S. The fourth-order valence-electron chi connectivity index (χ4n) is 3.08. The van der Waals surface area contributed by atoms with Crippen molar-refractivity contribution in [2.24, 2.45) is 0 Å². The lowest BCUT2D eigenvalue weighted by Crippen LogP contribution is -2.52. The summed E-state index contributed by atoms with van der Waals surface area (Å²) in [7, 11) is -6.52. The number of hydrogen-bond donors (Lipinski definition) is 1. The zero-order valence-corrected chi connectivity index (χ0v) is 20.8. The summed E-state index contributed by atoms with van der Waals surface area (Å²) in [4.78, 5) is 22.9. The summed E-state index contributed by atoms with van der Waals surface area (Å²) < 4.78 is 165. The Morgan fingerprint density at radius 3 is 1.18 bits per heavy atom. The predicted molar refractivity (Wildman–Crippen MR) is 110 cm³/mol. The lowest BCUT2D eigenvalue weighted by atomic mass is 10.1. The molecule has 0 aromatic heterocycles. The van der Waals surface area contributed by atoms with E-state index in [9.17, 15) is 61.9 Å². The Balaban J connectivity index is 4.11. The van der Waals surface area contributed by atoms with Gasteiger partial charge < -0.3 is 9.47 Å². The summed E-state index contributed by atoms with van der Waals surface area (Å²) in [6.45, 7) is -0.0116. The molecule has 1 N–H and O–H groups in total. The molecule has 0 radical (unpaired) electrons. The van der Waals surface area contributed by atoms with Gasteiger partial charge in [-0.2, -0.15) is 43.5 Å². The fourth-order valence-corrected chi connectivity index (χ4v) is 3.53. The average Bonchev–Trinajstić information content (AvgIpc) is 2.70. The summed E-state index contributed by atoms with van der Waals surface area (Å²) in [5.74, 6) is -7.44. The maximum atomic E-state index is 13.3. The Morgan fingerprint density at radius 2 is 0.921 bits per heavy atom. The third kappa shape index (κ3) is 13.3. The van der Waals surface area contributed by atoms with Crippen molar-refractivity contribution in [2.45, 2.75) is 113 Å². The smallest absolute Gasteiger partial charge is 0.432 e. The molecule has 0 aliphatic carbocycles. The predicted octanol–water partition coefficient (Wildman–Crippen LogP) is 6.36. The van der Waals surface area contributed by atoms with E-state index < -0.39 is 70.6 Å². The van der Waals surface area contributed by atoms with Crippen LogP contribution in [0.25, 0.3) is 0 Å². The van der Waals surface area contributed by atoms with Crippen LogP contribution in [-0.2, 0) is 29.2 Å². The van der Waals surface area contributed by atoms with E-state index in [1.54, 1.807) is 0 Å². The highest BCUT2D eigenvalue weighted by Gasteiger charge is 2.66. The van der Waals surface area contributed by atoms with Crippen molar-refractivity contribution in [1.29, 1.82) is 0 Å². The number of ether oxygens (including phenoxy) is 2. The molecule has 0 fully saturated rings. The van der Waals surface area contributed by atoms with Crippen LogP contribution in [0.2, 0.25) is 0 Å². The van der Waals surface area contributed by atoms with E-state index in [0.29, 0.717) is 38.5 Å². The summed E-state index contributed by atoms with van der Waals surface area (Å²) in [6.07, 6.45) is -16.9. The Labute approximate surface area is 212 Å². The van der Waals surface area contributed by atoms with E-state index in [-0.39, 0.29) is 26.2 Å². The molecular weight excluding hydrogens is 574 g/mol. The Morgan fingerprint density at radius 1 is 0.632 bits per heavy atom. The van der Waals surface area contributed by atoms with Gasteiger partial charge in [-0.25, -0.2) is 8.78 Å². The molecule has 0 aromatic carbocycles. The van der Waals surface area contributed by atoms with E-state index in [4.69, 9.17) is 4.55 Å². The van der Waals surface area contributed by atoms with Gasteiger partial charge in [-0.15, -0.1) is 0 Å².